The molecule has 2 saturated carbocycles. The molecule has 0 spiro atoms. The Morgan fingerprint density at radius 2 is 1.95 bits per heavy atom. The molecule has 2 fully saturated rings. The van der Waals surface area contributed by atoms with Crippen LogP contribution in [0, 0.1) is 5.92 Å². The molecule has 1 aromatic rings. The molecule has 22 heavy (non-hydrogen) atoms. The van der Waals surface area contributed by atoms with Crippen LogP contribution < -0.4 is 5.32 Å². The molecule has 2 aliphatic rings. The van der Waals surface area contributed by atoms with E-state index in [1.165, 1.54) is 0 Å². The van der Waals surface area contributed by atoms with E-state index in [2.05, 4.69) is 31.2 Å². The molecule has 3 rings (SSSR count). The van der Waals surface area contributed by atoms with Crippen molar-refractivity contribution in [3.05, 3.63) is 17.5 Å². The van der Waals surface area contributed by atoms with Crippen LogP contribution in [0.5, 0.6) is 0 Å². The molecule has 0 bridgehead atoms. The number of aliphatic carboxylic acids is 1. The predicted molar refractivity (Wildman–Crippen MR) is 80.8 cm³/mol. The molecule has 0 radical (unpaired) electrons. The zero-order valence-corrected chi connectivity index (χ0v) is 13.3. The van der Waals surface area contributed by atoms with Crippen molar-refractivity contribution >= 4 is 11.9 Å². The fourth-order valence-corrected chi connectivity index (χ4v) is 2.74. The first-order valence-electron chi connectivity index (χ1n) is 7.91. The number of hydrogen-bond acceptors (Lipinski definition) is 3. The van der Waals surface area contributed by atoms with Gasteiger partial charge in [0.1, 0.15) is 11.7 Å². The van der Waals surface area contributed by atoms with Gasteiger partial charge in [-0.2, -0.15) is 5.10 Å². The summed E-state index contributed by atoms with van der Waals surface area (Å²) in [6, 6.07) is 1.03. The monoisotopic (exact) mass is 305 g/mol. The van der Waals surface area contributed by atoms with Crippen molar-refractivity contribution < 1.29 is 14.7 Å². The van der Waals surface area contributed by atoms with Crippen molar-refractivity contribution in [2.24, 2.45) is 5.92 Å². The molecule has 2 aliphatic carbocycles. The molecule has 6 nitrogen and oxygen atoms in total. The largest absolute Gasteiger partial charge is 0.480 e. The minimum absolute atomic E-state index is 0.0639. The second kappa shape index (κ2) is 5.11. The summed E-state index contributed by atoms with van der Waals surface area (Å²) in [5.74, 6) is -0.807. The number of aromatic nitrogens is 2. The Morgan fingerprint density at radius 3 is 2.41 bits per heavy atom. The molecule has 120 valence electrons. The minimum Gasteiger partial charge on any atom is -0.480 e. The van der Waals surface area contributed by atoms with Crippen LogP contribution >= 0.6 is 0 Å². The molecule has 1 atom stereocenters. The van der Waals surface area contributed by atoms with Crippen LogP contribution in [0.25, 0.3) is 0 Å². The van der Waals surface area contributed by atoms with Gasteiger partial charge in [-0.1, -0.05) is 0 Å². The van der Waals surface area contributed by atoms with E-state index in [1.807, 2.05) is 10.7 Å². The molecule has 0 aliphatic heterocycles. The Balaban J connectivity index is 1.82. The van der Waals surface area contributed by atoms with Crippen molar-refractivity contribution in [3.8, 4) is 0 Å². The first-order valence-corrected chi connectivity index (χ1v) is 7.91. The van der Waals surface area contributed by atoms with Crippen LogP contribution in [-0.4, -0.2) is 32.8 Å². The number of rotatable bonds is 5. The van der Waals surface area contributed by atoms with Gasteiger partial charge in [-0.15, -0.1) is 0 Å². The summed E-state index contributed by atoms with van der Waals surface area (Å²) in [7, 11) is 0. The molecule has 1 aromatic heterocycles. The van der Waals surface area contributed by atoms with Crippen LogP contribution in [0.4, 0.5) is 0 Å². The quantitative estimate of drug-likeness (QED) is 0.872. The maximum Gasteiger partial charge on any atom is 0.326 e. The lowest BCUT2D eigenvalue weighted by molar-refractivity contribution is -0.139. The van der Waals surface area contributed by atoms with E-state index in [4.69, 9.17) is 0 Å². The zero-order valence-electron chi connectivity index (χ0n) is 13.3. The lowest BCUT2D eigenvalue weighted by Crippen LogP contribution is -2.42. The summed E-state index contributed by atoms with van der Waals surface area (Å²) in [5, 5.41) is 16.3. The van der Waals surface area contributed by atoms with Gasteiger partial charge in [0.25, 0.3) is 5.91 Å². The van der Waals surface area contributed by atoms with Crippen molar-refractivity contribution in [1.29, 1.82) is 0 Å². The van der Waals surface area contributed by atoms with Gasteiger partial charge in [-0.3, -0.25) is 9.48 Å². The van der Waals surface area contributed by atoms with Gasteiger partial charge in [0.15, 0.2) is 0 Å². The average molecular weight is 305 g/mol. The highest BCUT2D eigenvalue weighted by atomic mass is 16.4. The fraction of sp³-hybridized carbons (Fsp3) is 0.688. The van der Waals surface area contributed by atoms with Crippen LogP contribution in [-0.2, 0) is 10.3 Å². The Morgan fingerprint density at radius 1 is 1.32 bits per heavy atom. The van der Waals surface area contributed by atoms with Crippen LogP contribution in [0.1, 0.15) is 68.6 Å². The SMILES string of the molecule is CC(C)(C)n1nc(C(=O)NC(C(=O)O)C2CC2)cc1C1CC1. The summed E-state index contributed by atoms with van der Waals surface area (Å²) in [5.41, 5.74) is 1.21. The first-order chi connectivity index (χ1) is 10.3. The normalized spacial score (nSPS) is 19.8. The van der Waals surface area contributed by atoms with Crippen LogP contribution in [0.2, 0.25) is 0 Å². The number of amides is 1. The van der Waals surface area contributed by atoms with Gasteiger partial charge in [0.2, 0.25) is 0 Å². The van der Waals surface area contributed by atoms with Gasteiger partial charge < -0.3 is 10.4 Å². The second-order valence-corrected chi connectivity index (χ2v) is 7.44. The van der Waals surface area contributed by atoms with Crippen LogP contribution in [0.3, 0.4) is 0 Å². The van der Waals surface area contributed by atoms with E-state index in [0.717, 1.165) is 31.4 Å². The Bertz CT molecular complexity index is 607. The third-order valence-corrected chi connectivity index (χ3v) is 4.25. The molecule has 2 N–H and O–H groups in total. The van der Waals surface area contributed by atoms with Gasteiger partial charge >= 0.3 is 5.97 Å². The standard InChI is InChI=1S/C16H23N3O3/c1-16(2,3)19-12(9-4-5-9)8-11(18-19)14(20)17-13(15(21)22)10-6-7-10/h8-10,13H,4-7H2,1-3H3,(H,17,20)(H,21,22). The molecular formula is C16H23N3O3. The number of nitrogens with zero attached hydrogens (tertiary/aromatic N) is 2. The third-order valence-electron chi connectivity index (χ3n) is 4.25. The minimum atomic E-state index is -0.964. The van der Waals surface area contributed by atoms with Crippen LogP contribution in [0.15, 0.2) is 6.07 Å². The van der Waals surface area contributed by atoms with Crippen molar-refractivity contribution in [2.75, 3.05) is 0 Å². The van der Waals surface area contributed by atoms with E-state index >= 15 is 0 Å². The number of carboxylic acids is 1. The first kappa shape index (κ1) is 15.1. The molecule has 0 saturated heterocycles. The summed E-state index contributed by atoms with van der Waals surface area (Å²) in [6.07, 6.45) is 3.98. The lowest BCUT2D eigenvalue weighted by Gasteiger charge is -2.22. The van der Waals surface area contributed by atoms with E-state index < -0.39 is 12.0 Å². The summed E-state index contributed by atoms with van der Waals surface area (Å²) < 4.78 is 1.91. The van der Waals surface area contributed by atoms with Gasteiger partial charge in [0.05, 0.1) is 5.54 Å². The zero-order chi connectivity index (χ0) is 16.1. The number of carbonyl (C=O) groups is 2. The second-order valence-electron chi connectivity index (χ2n) is 7.44. The topological polar surface area (TPSA) is 84.2 Å². The summed E-state index contributed by atoms with van der Waals surface area (Å²) in [6.45, 7) is 6.16. The molecular weight excluding hydrogens is 282 g/mol. The smallest absolute Gasteiger partial charge is 0.326 e. The third kappa shape index (κ3) is 3.00. The Kier molecular flexibility index (Phi) is 3.50. The summed E-state index contributed by atoms with van der Waals surface area (Å²) in [4.78, 5) is 23.6. The molecule has 1 amide bonds. The average Bonchev–Trinajstić information content (AvgIpc) is 3.32. The number of hydrogen-bond donors (Lipinski definition) is 2. The van der Waals surface area contributed by atoms with Gasteiger partial charge in [-0.05, 0) is 58.4 Å². The lowest BCUT2D eigenvalue weighted by atomic mass is 10.1. The highest BCUT2D eigenvalue weighted by Gasteiger charge is 2.38. The van der Waals surface area contributed by atoms with Crippen molar-refractivity contribution in [1.82, 2.24) is 15.1 Å². The highest BCUT2D eigenvalue weighted by Crippen LogP contribution is 2.41. The van der Waals surface area contributed by atoms with Crippen molar-refractivity contribution in [3.63, 3.8) is 0 Å². The Labute approximate surface area is 129 Å². The highest BCUT2D eigenvalue weighted by molar-refractivity contribution is 5.95. The number of carbonyl (C=O) groups excluding carboxylic acids is 1. The van der Waals surface area contributed by atoms with E-state index in [0.29, 0.717) is 11.6 Å². The molecule has 6 heteroatoms. The molecule has 0 aromatic carbocycles. The fourth-order valence-electron chi connectivity index (χ4n) is 2.74. The van der Waals surface area contributed by atoms with Crippen molar-refractivity contribution in [2.45, 2.75) is 64.0 Å². The number of nitrogens with one attached hydrogen (secondary N) is 1. The Hall–Kier alpha value is -1.85. The molecule has 1 heterocycles. The predicted octanol–water partition coefficient (Wildman–Crippen LogP) is 2.11. The maximum atomic E-state index is 12.4. The van der Waals surface area contributed by atoms with E-state index in [9.17, 15) is 14.7 Å². The summed E-state index contributed by atoms with van der Waals surface area (Å²) >= 11 is 0. The van der Waals surface area contributed by atoms with E-state index in [1.54, 1.807) is 0 Å². The van der Waals surface area contributed by atoms with Gasteiger partial charge in [-0.25, -0.2) is 4.79 Å². The molecule has 1 unspecified atom stereocenters. The maximum absolute atomic E-state index is 12.4. The van der Waals surface area contributed by atoms with E-state index in [-0.39, 0.29) is 17.4 Å². The van der Waals surface area contributed by atoms with Gasteiger partial charge in [0, 0.05) is 11.6 Å². The number of carboxylic acid groups (broad SMARTS) is 1.